The molecule has 0 unspecified atom stereocenters. The van der Waals surface area contributed by atoms with E-state index in [0.29, 0.717) is 22.6 Å². The number of aromatic carboxylic acids is 1. The number of urea groups is 1. The molecule has 31 heavy (non-hydrogen) atoms. The van der Waals surface area contributed by atoms with Gasteiger partial charge in [0.15, 0.2) is 11.5 Å². The summed E-state index contributed by atoms with van der Waals surface area (Å²) < 4.78 is 12.1. The molecule has 1 saturated heterocycles. The molecule has 2 aromatic rings. The van der Waals surface area contributed by atoms with Crippen LogP contribution in [0.3, 0.4) is 0 Å². The molecule has 160 valence electrons. The van der Waals surface area contributed by atoms with Crippen molar-refractivity contribution in [2.45, 2.75) is 6.61 Å². The van der Waals surface area contributed by atoms with Gasteiger partial charge in [-0.05, 0) is 64.1 Å². The second-order valence-electron chi connectivity index (χ2n) is 6.52. The van der Waals surface area contributed by atoms with Gasteiger partial charge in [-0.2, -0.15) is 0 Å². The first-order valence-electron chi connectivity index (χ1n) is 9.12. The van der Waals surface area contributed by atoms with E-state index in [1.165, 1.54) is 19.3 Å². The van der Waals surface area contributed by atoms with Crippen LogP contribution in [0.1, 0.15) is 21.5 Å². The molecule has 1 fully saturated rings. The molecule has 0 bridgehead atoms. The van der Waals surface area contributed by atoms with Crippen LogP contribution in [0.25, 0.3) is 6.08 Å². The predicted octanol–water partition coefficient (Wildman–Crippen LogP) is 3.66. The number of rotatable bonds is 8. The van der Waals surface area contributed by atoms with Crippen LogP contribution in [0.4, 0.5) is 4.79 Å². The number of benzene rings is 2. The number of hydrogen-bond acceptors (Lipinski definition) is 5. The third-order valence-corrected chi connectivity index (χ3v) is 5.20. The first kappa shape index (κ1) is 22.3. The second-order valence-corrected chi connectivity index (χ2v) is 7.68. The smallest absolute Gasteiger partial charge is 0.335 e. The quantitative estimate of drug-likeness (QED) is 0.232. The number of carboxylic acids is 1. The van der Waals surface area contributed by atoms with Gasteiger partial charge in [-0.25, -0.2) is 9.59 Å². The Hall–Kier alpha value is -3.34. The summed E-state index contributed by atoms with van der Waals surface area (Å²) in [6.45, 7) is 3.82. The Labute approximate surface area is 192 Å². The first-order valence-corrected chi connectivity index (χ1v) is 10.2. The molecule has 2 aromatic carbocycles. The van der Waals surface area contributed by atoms with Crippen molar-refractivity contribution in [2.24, 2.45) is 0 Å². The van der Waals surface area contributed by atoms with Gasteiger partial charge in [-0.1, -0.05) is 18.2 Å². The minimum atomic E-state index is -1.01. The Morgan fingerprint density at radius 1 is 1.29 bits per heavy atom. The molecule has 0 aromatic heterocycles. The van der Waals surface area contributed by atoms with Crippen molar-refractivity contribution in [1.82, 2.24) is 10.2 Å². The average molecular weight is 534 g/mol. The van der Waals surface area contributed by atoms with Crippen LogP contribution in [-0.2, 0) is 11.4 Å². The van der Waals surface area contributed by atoms with Gasteiger partial charge in [0.1, 0.15) is 12.3 Å². The number of nitrogens with one attached hydrogen (secondary N) is 1. The van der Waals surface area contributed by atoms with Crippen LogP contribution in [0.5, 0.6) is 11.5 Å². The van der Waals surface area contributed by atoms with E-state index in [1.54, 1.807) is 36.4 Å². The number of carbonyl (C=O) groups excluding carboxylic acids is 2. The third kappa shape index (κ3) is 5.05. The molecule has 8 nitrogen and oxygen atoms in total. The monoisotopic (exact) mass is 534 g/mol. The summed E-state index contributed by atoms with van der Waals surface area (Å²) in [5.41, 5.74) is 1.68. The van der Waals surface area contributed by atoms with E-state index >= 15 is 0 Å². The van der Waals surface area contributed by atoms with Crippen LogP contribution in [0.2, 0.25) is 0 Å². The van der Waals surface area contributed by atoms with Gasteiger partial charge in [-0.3, -0.25) is 9.69 Å². The average Bonchev–Trinajstić information content (AvgIpc) is 3.00. The zero-order valence-electron chi connectivity index (χ0n) is 16.6. The van der Waals surface area contributed by atoms with E-state index in [2.05, 4.69) is 34.5 Å². The van der Waals surface area contributed by atoms with Gasteiger partial charge < -0.3 is 19.9 Å². The van der Waals surface area contributed by atoms with Crippen molar-refractivity contribution in [3.63, 3.8) is 0 Å². The van der Waals surface area contributed by atoms with E-state index in [0.717, 1.165) is 8.47 Å². The van der Waals surface area contributed by atoms with Gasteiger partial charge in [0.25, 0.3) is 5.91 Å². The van der Waals surface area contributed by atoms with Crippen molar-refractivity contribution in [1.29, 1.82) is 0 Å². The zero-order chi connectivity index (χ0) is 22.5. The van der Waals surface area contributed by atoms with Gasteiger partial charge >= 0.3 is 12.0 Å². The maximum absolute atomic E-state index is 12.4. The normalized spacial score (nSPS) is 14.5. The summed E-state index contributed by atoms with van der Waals surface area (Å²) >= 11 is 2.08. The Morgan fingerprint density at radius 3 is 2.74 bits per heavy atom. The van der Waals surface area contributed by atoms with E-state index in [9.17, 15) is 14.4 Å². The molecule has 0 atom stereocenters. The molecular weight excluding hydrogens is 515 g/mol. The number of methoxy groups -OCH3 is 1. The van der Waals surface area contributed by atoms with Crippen LogP contribution < -0.4 is 14.8 Å². The van der Waals surface area contributed by atoms with Gasteiger partial charge in [-0.15, -0.1) is 6.58 Å². The summed E-state index contributed by atoms with van der Waals surface area (Å²) in [5.74, 6) is -0.516. The molecule has 0 aliphatic carbocycles. The molecule has 3 amide bonds. The zero-order valence-corrected chi connectivity index (χ0v) is 18.7. The Kier molecular flexibility index (Phi) is 6.95. The highest BCUT2D eigenvalue weighted by Gasteiger charge is 2.32. The fourth-order valence-corrected chi connectivity index (χ4v) is 3.73. The molecule has 0 spiro atoms. The number of halogens is 1. The summed E-state index contributed by atoms with van der Waals surface area (Å²) in [6.07, 6.45) is 3.04. The highest BCUT2D eigenvalue weighted by molar-refractivity contribution is 14.1. The molecule has 0 saturated carbocycles. The van der Waals surface area contributed by atoms with Crippen LogP contribution >= 0.6 is 22.6 Å². The lowest BCUT2D eigenvalue weighted by molar-refractivity contribution is -0.122. The van der Waals surface area contributed by atoms with E-state index in [1.807, 2.05) is 0 Å². The van der Waals surface area contributed by atoms with Gasteiger partial charge in [0.2, 0.25) is 0 Å². The number of imide groups is 1. The standard InChI is InChI=1S/C22H19IN2O6/c1-3-7-25-20(26)17(24-22(25)29)10-14-9-16(23)19(18(11-14)30-2)31-12-13-5-4-6-15(8-13)21(27)28/h3-6,8-11H,1,7,12H2,2H3,(H,24,29)(H,27,28). The first-order chi connectivity index (χ1) is 14.8. The molecule has 1 aliphatic rings. The largest absolute Gasteiger partial charge is 0.493 e. The van der Waals surface area contributed by atoms with Crippen molar-refractivity contribution < 1.29 is 29.0 Å². The molecule has 3 rings (SSSR count). The topological polar surface area (TPSA) is 105 Å². The number of carboxylic acid groups (broad SMARTS) is 1. The molecule has 1 heterocycles. The fraction of sp³-hybridized carbons (Fsp3) is 0.136. The molecular formula is C22H19IN2O6. The van der Waals surface area contributed by atoms with Crippen molar-refractivity contribution in [2.75, 3.05) is 13.7 Å². The molecule has 1 aliphatic heterocycles. The van der Waals surface area contributed by atoms with E-state index < -0.39 is 17.9 Å². The lowest BCUT2D eigenvalue weighted by atomic mass is 10.1. The highest BCUT2D eigenvalue weighted by Crippen LogP contribution is 2.35. The number of nitrogens with zero attached hydrogens (tertiary/aromatic N) is 1. The third-order valence-electron chi connectivity index (χ3n) is 4.39. The summed E-state index contributed by atoms with van der Waals surface area (Å²) in [6, 6.07) is 9.46. The van der Waals surface area contributed by atoms with Crippen LogP contribution in [-0.4, -0.2) is 41.6 Å². The summed E-state index contributed by atoms with van der Waals surface area (Å²) in [4.78, 5) is 36.5. The van der Waals surface area contributed by atoms with Gasteiger partial charge in [0, 0.05) is 6.54 Å². The maximum Gasteiger partial charge on any atom is 0.335 e. The number of ether oxygens (including phenoxy) is 2. The van der Waals surface area contributed by atoms with Crippen molar-refractivity contribution in [3.05, 3.63) is 75.0 Å². The summed E-state index contributed by atoms with van der Waals surface area (Å²) in [5, 5.41) is 11.7. The fourth-order valence-electron chi connectivity index (χ4n) is 2.95. The number of hydrogen-bond donors (Lipinski definition) is 2. The highest BCUT2D eigenvalue weighted by atomic mass is 127. The predicted molar refractivity (Wildman–Crippen MR) is 122 cm³/mol. The van der Waals surface area contributed by atoms with E-state index in [-0.39, 0.29) is 24.4 Å². The van der Waals surface area contributed by atoms with Crippen molar-refractivity contribution in [3.8, 4) is 11.5 Å². The summed E-state index contributed by atoms with van der Waals surface area (Å²) in [7, 11) is 1.49. The lowest BCUT2D eigenvalue weighted by Gasteiger charge is -2.14. The van der Waals surface area contributed by atoms with Gasteiger partial charge in [0.05, 0.1) is 16.2 Å². The minimum absolute atomic E-state index is 0.124. The Balaban J connectivity index is 1.83. The van der Waals surface area contributed by atoms with Crippen LogP contribution in [0, 0.1) is 3.57 Å². The van der Waals surface area contributed by atoms with Crippen LogP contribution in [0.15, 0.2) is 54.8 Å². The lowest BCUT2D eigenvalue weighted by Crippen LogP contribution is -2.30. The maximum atomic E-state index is 12.4. The second kappa shape index (κ2) is 9.65. The Bertz CT molecular complexity index is 1100. The van der Waals surface area contributed by atoms with Crippen molar-refractivity contribution >= 4 is 46.6 Å². The molecule has 2 N–H and O–H groups in total. The number of amides is 3. The number of carbonyl (C=O) groups is 3. The van der Waals surface area contributed by atoms with E-state index in [4.69, 9.17) is 14.6 Å². The molecule has 9 heteroatoms. The SMILES string of the molecule is C=CCN1C(=O)NC(=Cc2cc(I)c(OCc3cccc(C(=O)O)c3)c(OC)c2)C1=O. The molecule has 0 radical (unpaired) electrons. The minimum Gasteiger partial charge on any atom is -0.493 e. The Morgan fingerprint density at radius 2 is 2.06 bits per heavy atom.